The smallest absolute Gasteiger partial charge is 0.0823 e. The molecule has 3 N–H and O–H groups in total. The molecule has 0 aliphatic carbocycles. The summed E-state index contributed by atoms with van der Waals surface area (Å²) >= 11 is 1.57. The van der Waals surface area contributed by atoms with Crippen molar-refractivity contribution in [1.82, 2.24) is 10.4 Å². The van der Waals surface area contributed by atoms with E-state index in [-0.39, 0.29) is 6.04 Å². The molecule has 0 aromatic carbocycles. The van der Waals surface area contributed by atoms with E-state index >= 15 is 0 Å². The summed E-state index contributed by atoms with van der Waals surface area (Å²) in [7, 11) is 0. The summed E-state index contributed by atoms with van der Waals surface area (Å²) in [6, 6.07) is 0.0428. The zero-order valence-electron chi connectivity index (χ0n) is 7.24. The molecule has 1 unspecified atom stereocenters. The fourth-order valence-corrected chi connectivity index (χ4v) is 1.52. The van der Waals surface area contributed by atoms with Crippen LogP contribution in [0.4, 0.5) is 0 Å². The van der Waals surface area contributed by atoms with Crippen molar-refractivity contribution in [3.63, 3.8) is 0 Å². The lowest BCUT2D eigenvalue weighted by Gasteiger charge is -2.08. The van der Waals surface area contributed by atoms with Crippen LogP contribution in [0.3, 0.4) is 0 Å². The Bertz CT molecular complexity index is 249. The quantitative estimate of drug-likeness (QED) is 0.425. The third-order valence-corrected chi connectivity index (χ3v) is 2.05. The standard InChI is InChI=1S/C8H13N3S/c1-6(2)3-7(11-9)8-4-12-5-10-8/h3-5,7,11H,9H2,1-2H3. The van der Waals surface area contributed by atoms with Crippen molar-refractivity contribution in [2.75, 3.05) is 0 Å². The topological polar surface area (TPSA) is 50.9 Å². The molecule has 0 aliphatic heterocycles. The van der Waals surface area contributed by atoms with Gasteiger partial charge in [-0.05, 0) is 13.8 Å². The number of hydrazine groups is 1. The average molecular weight is 183 g/mol. The van der Waals surface area contributed by atoms with E-state index in [1.165, 1.54) is 5.57 Å². The van der Waals surface area contributed by atoms with E-state index in [1.54, 1.807) is 16.8 Å². The van der Waals surface area contributed by atoms with Crippen LogP contribution in [0.25, 0.3) is 0 Å². The number of allylic oxidation sites excluding steroid dienone is 1. The molecule has 1 heterocycles. The molecule has 1 aromatic heterocycles. The highest BCUT2D eigenvalue weighted by molar-refractivity contribution is 7.07. The summed E-state index contributed by atoms with van der Waals surface area (Å²) in [5.41, 5.74) is 6.71. The van der Waals surface area contributed by atoms with Crippen molar-refractivity contribution in [2.24, 2.45) is 5.84 Å². The fraction of sp³-hybridized carbons (Fsp3) is 0.375. The van der Waals surface area contributed by atoms with Gasteiger partial charge < -0.3 is 0 Å². The first-order valence-corrected chi connectivity index (χ1v) is 4.67. The third kappa shape index (κ3) is 2.41. The Morgan fingerprint density at radius 2 is 2.50 bits per heavy atom. The lowest BCUT2D eigenvalue weighted by Crippen LogP contribution is -2.26. The summed E-state index contributed by atoms with van der Waals surface area (Å²) in [4.78, 5) is 4.17. The number of thiazole rings is 1. The lowest BCUT2D eigenvalue weighted by molar-refractivity contribution is 0.639. The zero-order chi connectivity index (χ0) is 8.97. The molecule has 4 heteroatoms. The molecule has 0 amide bonds. The van der Waals surface area contributed by atoms with Gasteiger partial charge in [0, 0.05) is 5.38 Å². The van der Waals surface area contributed by atoms with Gasteiger partial charge in [0.25, 0.3) is 0 Å². The minimum Gasteiger partial charge on any atom is -0.271 e. The number of nitrogens with one attached hydrogen (secondary N) is 1. The van der Waals surface area contributed by atoms with Crippen molar-refractivity contribution in [3.05, 3.63) is 28.2 Å². The lowest BCUT2D eigenvalue weighted by atomic mass is 10.2. The van der Waals surface area contributed by atoms with Crippen molar-refractivity contribution in [3.8, 4) is 0 Å². The molecule has 1 aromatic rings. The molecule has 1 rings (SSSR count). The first kappa shape index (κ1) is 9.38. The fourth-order valence-electron chi connectivity index (χ4n) is 0.928. The minimum absolute atomic E-state index is 0.0428. The third-order valence-electron chi connectivity index (χ3n) is 1.45. The van der Waals surface area contributed by atoms with Gasteiger partial charge in [-0.3, -0.25) is 5.84 Å². The van der Waals surface area contributed by atoms with Crippen LogP contribution in [0.2, 0.25) is 0 Å². The molecular weight excluding hydrogens is 170 g/mol. The summed E-state index contributed by atoms with van der Waals surface area (Å²) < 4.78 is 0. The first-order chi connectivity index (χ1) is 5.74. The van der Waals surface area contributed by atoms with Gasteiger partial charge in [0.2, 0.25) is 0 Å². The van der Waals surface area contributed by atoms with Gasteiger partial charge in [-0.25, -0.2) is 10.4 Å². The van der Waals surface area contributed by atoms with Crippen LogP contribution in [-0.2, 0) is 0 Å². The Labute approximate surface area is 76.3 Å². The normalized spacial score (nSPS) is 12.6. The van der Waals surface area contributed by atoms with Gasteiger partial charge >= 0.3 is 0 Å². The molecule has 12 heavy (non-hydrogen) atoms. The Hall–Kier alpha value is -0.710. The van der Waals surface area contributed by atoms with E-state index in [4.69, 9.17) is 5.84 Å². The van der Waals surface area contributed by atoms with E-state index in [0.29, 0.717) is 0 Å². The van der Waals surface area contributed by atoms with Crippen molar-refractivity contribution < 1.29 is 0 Å². The first-order valence-electron chi connectivity index (χ1n) is 3.73. The van der Waals surface area contributed by atoms with Crippen LogP contribution in [0.15, 0.2) is 22.5 Å². The second kappa shape index (κ2) is 4.35. The number of rotatable bonds is 3. The Balaban J connectivity index is 2.77. The predicted octanol–water partition coefficient (Wildman–Crippen LogP) is 1.61. The molecule has 1 atom stereocenters. The maximum absolute atomic E-state index is 5.38. The highest BCUT2D eigenvalue weighted by Crippen LogP contribution is 2.14. The Morgan fingerprint density at radius 3 is 2.92 bits per heavy atom. The summed E-state index contributed by atoms with van der Waals surface area (Å²) in [6.45, 7) is 4.08. The highest BCUT2D eigenvalue weighted by Gasteiger charge is 2.06. The predicted molar refractivity (Wildman–Crippen MR) is 51.6 cm³/mol. The van der Waals surface area contributed by atoms with E-state index in [9.17, 15) is 0 Å². The van der Waals surface area contributed by atoms with Gasteiger partial charge in [-0.1, -0.05) is 11.6 Å². The largest absolute Gasteiger partial charge is 0.271 e. The Morgan fingerprint density at radius 1 is 1.75 bits per heavy atom. The van der Waals surface area contributed by atoms with E-state index in [1.807, 2.05) is 19.2 Å². The molecule has 0 bridgehead atoms. The molecule has 0 fully saturated rings. The highest BCUT2D eigenvalue weighted by atomic mass is 32.1. The summed E-state index contributed by atoms with van der Waals surface area (Å²) in [6.07, 6.45) is 2.05. The Kier molecular flexibility index (Phi) is 3.40. The molecule has 66 valence electrons. The van der Waals surface area contributed by atoms with Crippen molar-refractivity contribution >= 4 is 11.3 Å². The van der Waals surface area contributed by atoms with Crippen LogP contribution < -0.4 is 11.3 Å². The number of nitrogens with zero attached hydrogens (tertiary/aromatic N) is 1. The monoisotopic (exact) mass is 183 g/mol. The SMILES string of the molecule is CC(C)=CC(NN)c1cscn1. The van der Waals surface area contributed by atoms with Crippen LogP contribution in [0.5, 0.6) is 0 Å². The molecule has 0 spiro atoms. The van der Waals surface area contributed by atoms with Gasteiger partial charge in [-0.15, -0.1) is 11.3 Å². The zero-order valence-corrected chi connectivity index (χ0v) is 8.06. The number of nitrogens with two attached hydrogens (primary N) is 1. The maximum Gasteiger partial charge on any atom is 0.0823 e. The second-order valence-electron chi connectivity index (χ2n) is 2.80. The molecule has 0 saturated heterocycles. The molecular formula is C8H13N3S. The maximum atomic E-state index is 5.38. The van der Waals surface area contributed by atoms with Gasteiger partial charge in [-0.2, -0.15) is 0 Å². The van der Waals surface area contributed by atoms with Crippen LogP contribution >= 0.6 is 11.3 Å². The summed E-state index contributed by atoms with van der Waals surface area (Å²) in [5.74, 6) is 5.38. The van der Waals surface area contributed by atoms with Gasteiger partial charge in [0.15, 0.2) is 0 Å². The van der Waals surface area contributed by atoms with Crippen LogP contribution in [0, 0.1) is 0 Å². The number of hydrogen-bond donors (Lipinski definition) is 2. The van der Waals surface area contributed by atoms with Gasteiger partial charge in [0.1, 0.15) is 0 Å². The van der Waals surface area contributed by atoms with E-state index in [0.717, 1.165) is 5.69 Å². The van der Waals surface area contributed by atoms with Crippen molar-refractivity contribution in [2.45, 2.75) is 19.9 Å². The van der Waals surface area contributed by atoms with E-state index in [2.05, 4.69) is 16.5 Å². The minimum atomic E-state index is 0.0428. The van der Waals surface area contributed by atoms with Crippen LogP contribution in [-0.4, -0.2) is 4.98 Å². The van der Waals surface area contributed by atoms with Gasteiger partial charge in [0.05, 0.1) is 17.2 Å². The second-order valence-corrected chi connectivity index (χ2v) is 3.52. The molecule has 0 aliphatic rings. The van der Waals surface area contributed by atoms with Crippen LogP contribution in [0.1, 0.15) is 25.6 Å². The summed E-state index contributed by atoms with van der Waals surface area (Å²) in [5, 5.41) is 1.99. The van der Waals surface area contributed by atoms with E-state index < -0.39 is 0 Å². The van der Waals surface area contributed by atoms with Crippen molar-refractivity contribution in [1.29, 1.82) is 0 Å². The average Bonchev–Trinajstić information content (AvgIpc) is 2.51. The molecule has 0 saturated carbocycles. The number of aromatic nitrogens is 1. The molecule has 3 nitrogen and oxygen atoms in total. The number of hydrogen-bond acceptors (Lipinski definition) is 4. The molecule has 0 radical (unpaired) electrons.